The summed E-state index contributed by atoms with van der Waals surface area (Å²) in [6, 6.07) is 12.7. The van der Waals surface area contributed by atoms with Crippen molar-refractivity contribution in [3.05, 3.63) is 58.7 Å². The molecule has 0 saturated heterocycles. The summed E-state index contributed by atoms with van der Waals surface area (Å²) < 4.78 is 0. The number of rotatable bonds is 1. The minimum atomic E-state index is 0.127. The molecule has 1 aliphatic carbocycles. The van der Waals surface area contributed by atoms with E-state index in [0.717, 1.165) is 23.1 Å². The third-order valence-electron chi connectivity index (χ3n) is 3.90. The second-order valence-corrected chi connectivity index (χ2v) is 5.69. The molecule has 0 bridgehead atoms. The monoisotopic (exact) mass is 250 g/mol. The van der Waals surface area contributed by atoms with Gasteiger partial charge in [-0.05, 0) is 37.0 Å². The van der Waals surface area contributed by atoms with Gasteiger partial charge in [-0.2, -0.15) is 0 Å². The minimum Gasteiger partial charge on any atom is -0.294 e. The first-order valence-corrected chi connectivity index (χ1v) is 6.81. The zero-order valence-corrected chi connectivity index (χ0v) is 11.7. The molecule has 96 valence electrons. The quantitative estimate of drug-likeness (QED) is 0.735. The normalized spacial score (nSPS) is 17.6. The number of benzene rings is 2. The fourth-order valence-electron chi connectivity index (χ4n) is 3.10. The van der Waals surface area contributed by atoms with Crippen LogP contribution in [0.2, 0.25) is 0 Å². The Balaban J connectivity index is 2.23. The van der Waals surface area contributed by atoms with Crippen LogP contribution in [0.25, 0.3) is 11.1 Å². The van der Waals surface area contributed by atoms with Crippen LogP contribution in [0.3, 0.4) is 0 Å². The van der Waals surface area contributed by atoms with Crippen molar-refractivity contribution in [2.45, 2.75) is 27.2 Å². The first-order chi connectivity index (χ1) is 9.06. The Labute approximate surface area is 114 Å². The molecule has 1 heteroatoms. The average molecular weight is 250 g/mol. The van der Waals surface area contributed by atoms with Gasteiger partial charge < -0.3 is 0 Å². The van der Waals surface area contributed by atoms with E-state index >= 15 is 0 Å². The van der Waals surface area contributed by atoms with Crippen molar-refractivity contribution < 1.29 is 4.79 Å². The van der Waals surface area contributed by atoms with Gasteiger partial charge >= 0.3 is 0 Å². The number of carbonyl (C=O) groups excluding carboxylic acids is 1. The van der Waals surface area contributed by atoms with Crippen LogP contribution in [0.1, 0.15) is 34.0 Å². The highest BCUT2D eigenvalue weighted by atomic mass is 16.1. The number of carbonyl (C=O) groups is 1. The van der Waals surface area contributed by atoms with E-state index in [0.29, 0.717) is 5.78 Å². The van der Waals surface area contributed by atoms with Crippen molar-refractivity contribution in [3.63, 3.8) is 0 Å². The molecule has 0 N–H and O–H groups in total. The van der Waals surface area contributed by atoms with Gasteiger partial charge in [-0.15, -0.1) is 0 Å². The second-order valence-electron chi connectivity index (χ2n) is 5.69. The van der Waals surface area contributed by atoms with E-state index in [1.54, 1.807) is 0 Å². The average Bonchev–Trinajstić information content (AvgIpc) is 2.64. The molecule has 0 aromatic heterocycles. The molecular formula is C18H18O. The zero-order chi connectivity index (χ0) is 13.6. The number of aryl methyl sites for hydroxylation is 2. The van der Waals surface area contributed by atoms with Gasteiger partial charge in [0.05, 0.1) is 0 Å². The van der Waals surface area contributed by atoms with Crippen molar-refractivity contribution in [2.75, 3.05) is 0 Å². The molecule has 0 radical (unpaired) electrons. The van der Waals surface area contributed by atoms with Crippen LogP contribution in [0.5, 0.6) is 0 Å². The van der Waals surface area contributed by atoms with Crippen LogP contribution in [-0.2, 0) is 6.42 Å². The maximum Gasteiger partial charge on any atom is 0.166 e. The molecule has 0 fully saturated rings. The smallest absolute Gasteiger partial charge is 0.166 e. The Bertz CT molecular complexity index is 647. The lowest BCUT2D eigenvalue weighted by atomic mass is 9.94. The Morgan fingerprint density at radius 2 is 1.74 bits per heavy atom. The molecule has 3 rings (SSSR count). The van der Waals surface area contributed by atoms with Crippen LogP contribution in [-0.4, -0.2) is 5.78 Å². The minimum absolute atomic E-state index is 0.127. The third-order valence-corrected chi connectivity index (χ3v) is 3.90. The molecular weight excluding hydrogens is 232 g/mol. The molecule has 0 saturated carbocycles. The topological polar surface area (TPSA) is 17.1 Å². The van der Waals surface area contributed by atoms with E-state index in [2.05, 4.69) is 50.2 Å². The van der Waals surface area contributed by atoms with Gasteiger partial charge in [-0.3, -0.25) is 4.79 Å². The Hall–Kier alpha value is -1.89. The second kappa shape index (κ2) is 4.34. The third kappa shape index (κ3) is 1.99. The van der Waals surface area contributed by atoms with E-state index < -0.39 is 0 Å². The van der Waals surface area contributed by atoms with Gasteiger partial charge in [0.25, 0.3) is 0 Å². The van der Waals surface area contributed by atoms with Gasteiger partial charge in [-0.1, -0.05) is 54.4 Å². The number of Topliss-reactive ketones (excluding diaryl/α,β-unsaturated/α-hetero) is 1. The number of hydrogen-bond acceptors (Lipinski definition) is 1. The van der Waals surface area contributed by atoms with E-state index in [-0.39, 0.29) is 5.92 Å². The Morgan fingerprint density at radius 3 is 2.42 bits per heavy atom. The first kappa shape index (κ1) is 12.2. The lowest BCUT2D eigenvalue weighted by molar-refractivity contribution is 0.0947. The molecule has 1 atom stereocenters. The van der Waals surface area contributed by atoms with Crippen molar-refractivity contribution >= 4 is 5.78 Å². The van der Waals surface area contributed by atoms with E-state index in [4.69, 9.17) is 0 Å². The summed E-state index contributed by atoms with van der Waals surface area (Å²) in [5.74, 6) is 0.423. The Morgan fingerprint density at radius 1 is 1.05 bits per heavy atom. The summed E-state index contributed by atoms with van der Waals surface area (Å²) in [5.41, 5.74) is 6.89. The SMILES string of the molecule is Cc1cc(C)cc(-c2cccc3c2C(=O)C(C)C3)c1. The molecule has 0 spiro atoms. The summed E-state index contributed by atoms with van der Waals surface area (Å²) in [5, 5.41) is 0. The predicted octanol–water partition coefficient (Wildman–Crippen LogP) is 4.35. The highest BCUT2D eigenvalue weighted by Gasteiger charge is 2.29. The van der Waals surface area contributed by atoms with Crippen molar-refractivity contribution in [3.8, 4) is 11.1 Å². The van der Waals surface area contributed by atoms with Crippen molar-refractivity contribution in [1.29, 1.82) is 0 Å². The Kier molecular flexibility index (Phi) is 2.78. The number of ketones is 1. The first-order valence-electron chi connectivity index (χ1n) is 6.81. The number of fused-ring (bicyclic) bond motifs is 1. The summed E-state index contributed by atoms with van der Waals surface area (Å²) >= 11 is 0. The van der Waals surface area contributed by atoms with Crippen LogP contribution >= 0.6 is 0 Å². The standard InChI is InChI=1S/C18H18O/c1-11-7-12(2)9-15(8-11)16-6-4-5-14-10-13(3)18(19)17(14)16/h4-9,13H,10H2,1-3H3. The van der Waals surface area contributed by atoms with E-state index in [9.17, 15) is 4.79 Å². The summed E-state index contributed by atoms with van der Waals surface area (Å²) in [6.07, 6.45) is 0.882. The van der Waals surface area contributed by atoms with Gasteiger partial charge in [0.15, 0.2) is 5.78 Å². The van der Waals surface area contributed by atoms with E-state index in [1.165, 1.54) is 16.7 Å². The highest BCUT2D eigenvalue weighted by molar-refractivity contribution is 6.07. The summed E-state index contributed by atoms with van der Waals surface area (Å²) in [6.45, 7) is 6.22. The maximum absolute atomic E-state index is 12.4. The van der Waals surface area contributed by atoms with Gasteiger partial charge in [-0.25, -0.2) is 0 Å². The maximum atomic E-state index is 12.4. The lowest BCUT2D eigenvalue weighted by Gasteiger charge is -2.10. The molecule has 1 unspecified atom stereocenters. The molecule has 2 aromatic rings. The molecule has 0 amide bonds. The molecule has 2 aromatic carbocycles. The van der Waals surface area contributed by atoms with E-state index in [1.807, 2.05) is 6.92 Å². The van der Waals surface area contributed by atoms with Crippen LogP contribution < -0.4 is 0 Å². The summed E-state index contributed by atoms with van der Waals surface area (Å²) in [4.78, 5) is 12.4. The zero-order valence-electron chi connectivity index (χ0n) is 11.7. The lowest BCUT2D eigenvalue weighted by Crippen LogP contribution is -2.04. The van der Waals surface area contributed by atoms with Gasteiger partial charge in [0.2, 0.25) is 0 Å². The highest BCUT2D eigenvalue weighted by Crippen LogP contribution is 2.35. The van der Waals surface area contributed by atoms with Gasteiger partial charge in [0.1, 0.15) is 0 Å². The summed E-state index contributed by atoms with van der Waals surface area (Å²) in [7, 11) is 0. The van der Waals surface area contributed by atoms with Crippen molar-refractivity contribution in [1.82, 2.24) is 0 Å². The fraction of sp³-hybridized carbons (Fsp3) is 0.278. The van der Waals surface area contributed by atoms with Gasteiger partial charge in [0, 0.05) is 11.5 Å². The largest absolute Gasteiger partial charge is 0.294 e. The molecule has 0 heterocycles. The molecule has 19 heavy (non-hydrogen) atoms. The predicted molar refractivity (Wildman–Crippen MR) is 78.6 cm³/mol. The van der Waals surface area contributed by atoms with Crippen LogP contribution in [0, 0.1) is 19.8 Å². The molecule has 1 aliphatic rings. The number of hydrogen-bond donors (Lipinski definition) is 0. The molecule has 0 aliphatic heterocycles. The fourth-order valence-corrected chi connectivity index (χ4v) is 3.10. The van der Waals surface area contributed by atoms with Crippen LogP contribution in [0.4, 0.5) is 0 Å². The van der Waals surface area contributed by atoms with Crippen molar-refractivity contribution in [2.24, 2.45) is 5.92 Å². The molecule has 1 nitrogen and oxygen atoms in total. The van der Waals surface area contributed by atoms with Crippen LogP contribution in [0.15, 0.2) is 36.4 Å².